The number of esters is 1. The minimum atomic E-state index is -0.542. The lowest BCUT2D eigenvalue weighted by atomic mass is 10.1. The molecule has 0 bridgehead atoms. The van der Waals surface area contributed by atoms with Crippen LogP contribution < -0.4 is 10.1 Å². The van der Waals surface area contributed by atoms with Crippen molar-refractivity contribution in [1.29, 1.82) is 0 Å². The van der Waals surface area contributed by atoms with E-state index >= 15 is 0 Å². The van der Waals surface area contributed by atoms with Crippen molar-refractivity contribution in [3.8, 4) is 5.75 Å². The van der Waals surface area contributed by atoms with E-state index in [1.165, 1.54) is 7.11 Å². The van der Waals surface area contributed by atoms with Gasteiger partial charge < -0.3 is 14.8 Å². The van der Waals surface area contributed by atoms with Crippen LogP contribution in [0.5, 0.6) is 5.75 Å². The van der Waals surface area contributed by atoms with E-state index in [0.29, 0.717) is 37.5 Å². The number of rotatable bonds is 9. The Bertz CT molecular complexity index is 1170. The maximum atomic E-state index is 13.2. The number of carbonyl (C=O) groups excluding carboxylic acids is 2. The van der Waals surface area contributed by atoms with Gasteiger partial charge in [-0.15, -0.1) is 5.10 Å². The molecule has 0 aliphatic carbocycles. The van der Waals surface area contributed by atoms with Crippen molar-refractivity contribution < 1.29 is 19.1 Å². The molecule has 1 fully saturated rings. The van der Waals surface area contributed by atoms with E-state index in [-0.39, 0.29) is 23.7 Å². The lowest BCUT2D eigenvalue weighted by molar-refractivity contribution is -0.125. The van der Waals surface area contributed by atoms with Gasteiger partial charge in [-0.3, -0.25) is 9.69 Å². The van der Waals surface area contributed by atoms with E-state index in [1.54, 1.807) is 18.0 Å². The number of amides is 1. The van der Waals surface area contributed by atoms with Crippen molar-refractivity contribution in [3.63, 3.8) is 0 Å². The van der Waals surface area contributed by atoms with Crippen molar-refractivity contribution >= 4 is 23.5 Å². The Morgan fingerprint density at radius 1 is 1.14 bits per heavy atom. The molecule has 1 aromatic heterocycles. The molecule has 0 spiro atoms. The predicted molar refractivity (Wildman–Crippen MR) is 130 cm³/mol. The minimum absolute atomic E-state index is 0.0450. The normalized spacial score (nSPS) is 17.8. The molecule has 2 heterocycles. The molecule has 0 saturated carbocycles. The Morgan fingerprint density at radius 3 is 2.66 bits per heavy atom. The highest BCUT2D eigenvalue weighted by molar-refractivity contribution is 6.30. The molecule has 1 aliphatic rings. The summed E-state index contributed by atoms with van der Waals surface area (Å²) < 4.78 is 11.6. The van der Waals surface area contributed by atoms with Crippen LogP contribution in [0.25, 0.3) is 0 Å². The summed E-state index contributed by atoms with van der Waals surface area (Å²) in [5.41, 5.74) is 2.27. The zero-order valence-electron chi connectivity index (χ0n) is 19.7. The number of carbonyl (C=O) groups is 2. The van der Waals surface area contributed by atoms with E-state index < -0.39 is 5.97 Å². The Balaban J connectivity index is 1.46. The number of ether oxygens (including phenoxy) is 2. The fraction of sp³-hybridized carbons (Fsp3) is 0.360. The van der Waals surface area contributed by atoms with Crippen molar-refractivity contribution in [1.82, 2.24) is 25.2 Å². The van der Waals surface area contributed by atoms with E-state index in [9.17, 15) is 9.59 Å². The largest absolute Gasteiger partial charge is 0.497 e. The van der Waals surface area contributed by atoms with Gasteiger partial charge in [-0.2, -0.15) is 0 Å². The van der Waals surface area contributed by atoms with Crippen LogP contribution in [0.2, 0.25) is 5.02 Å². The number of nitrogens with one attached hydrogen (secondary N) is 1. The van der Waals surface area contributed by atoms with E-state index in [1.807, 2.05) is 48.5 Å². The molecule has 2 atom stereocenters. The number of halogens is 1. The molecule has 9 nitrogen and oxygen atoms in total. The van der Waals surface area contributed by atoms with Crippen LogP contribution in [0.1, 0.15) is 34.1 Å². The van der Waals surface area contributed by atoms with Gasteiger partial charge in [0.1, 0.15) is 5.75 Å². The second-order valence-electron chi connectivity index (χ2n) is 8.43. The van der Waals surface area contributed by atoms with Crippen molar-refractivity contribution in [3.05, 3.63) is 76.6 Å². The Labute approximate surface area is 209 Å². The lowest BCUT2D eigenvalue weighted by Crippen LogP contribution is -2.43. The van der Waals surface area contributed by atoms with Crippen LogP contribution in [0.3, 0.4) is 0 Å². The molecule has 0 radical (unpaired) electrons. The summed E-state index contributed by atoms with van der Waals surface area (Å²) in [6.45, 7) is 1.68. The number of hydrogen-bond acceptors (Lipinski definition) is 7. The zero-order valence-corrected chi connectivity index (χ0v) is 20.4. The van der Waals surface area contributed by atoms with Crippen molar-refractivity contribution in [2.75, 3.05) is 27.3 Å². The SMILES string of the molecule is COC(=O)c1cn([C@@H]2C[C@@H](C(=O)NCCc3cccc(Cl)c3)N(Cc3ccc(OC)cc3)C2)nn1. The summed E-state index contributed by atoms with van der Waals surface area (Å²) in [4.78, 5) is 27.1. The van der Waals surface area contributed by atoms with Gasteiger partial charge in [-0.1, -0.05) is 41.1 Å². The highest BCUT2D eigenvalue weighted by atomic mass is 35.5. The smallest absolute Gasteiger partial charge is 0.360 e. The zero-order chi connectivity index (χ0) is 24.8. The van der Waals surface area contributed by atoms with Crippen LogP contribution in [-0.2, 0) is 22.5 Å². The van der Waals surface area contributed by atoms with Crippen LogP contribution in [-0.4, -0.2) is 65.1 Å². The van der Waals surface area contributed by atoms with Crippen molar-refractivity contribution in [2.45, 2.75) is 31.5 Å². The molecule has 1 saturated heterocycles. The van der Waals surface area contributed by atoms with E-state index in [0.717, 1.165) is 16.9 Å². The standard InChI is InChI=1S/C25H28ClN5O4/c1-34-21-8-6-18(7-9-21)14-30-15-20(31-16-22(28-29-31)25(33)35-2)13-23(30)24(32)27-11-10-17-4-3-5-19(26)12-17/h3-9,12,16,20,23H,10-11,13-15H2,1-2H3,(H,27,32)/t20-,23+/m1/s1. The summed E-state index contributed by atoms with van der Waals surface area (Å²) in [7, 11) is 2.93. The first-order chi connectivity index (χ1) is 17.0. The summed E-state index contributed by atoms with van der Waals surface area (Å²) in [5.74, 6) is 0.192. The van der Waals surface area contributed by atoms with Gasteiger partial charge >= 0.3 is 5.97 Å². The quantitative estimate of drug-likeness (QED) is 0.454. The molecule has 3 aromatic rings. The first kappa shape index (κ1) is 24.7. The lowest BCUT2D eigenvalue weighted by Gasteiger charge is -2.23. The highest BCUT2D eigenvalue weighted by Crippen LogP contribution is 2.29. The molecule has 4 rings (SSSR count). The molecule has 10 heteroatoms. The Morgan fingerprint density at radius 2 is 1.94 bits per heavy atom. The van der Waals surface area contributed by atoms with Gasteiger partial charge in [0.2, 0.25) is 5.91 Å². The summed E-state index contributed by atoms with van der Waals surface area (Å²) in [5, 5.41) is 11.8. The Kier molecular flexibility index (Phi) is 7.99. The molecule has 2 aromatic carbocycles. The third kappa shape index (κ3) is 6.17. The van der Waals surface area contributed by atoms with E-state index in [2.05, 4.69) is 20.5 Å². The monoisotopic (exact) mass is 497 g/mol. The third-order valence-electron chi connectivity index (χ3n) is 6.11. The second-order valence-corrected chi connectivity index (χ2v) is 8.87. The van der Waals surface area contributed by atoms with Crippen molar-refractivity contribution in [2.24, 2.45) is 0 Å². The fourth-order valence-electron chi connectivity index (χ4n) is 4.28. The van der Waals surface area contributed by atoms with Gasteiger partial charge in [0.05, 0.1) is 32.5 Å². The average Bonchev–Trinajstić information content (AvgIpc) is 3.52. The molecule has 35 heavy (non-hydrogen) atoms. The number of likely N-dealkylation sites (tertiary alicyclic amines) is 1. The van der Waals surface area contributed by atoms with Gasteiger partial charge in [0.15, 0.2) is 5.69 Å². The topological polar surface area (TPSA) is 98.6 Å². The maximum absolute atomic E-state index is 13.2. The summed E-state index contributed by atoms with van der Waals surface area (Å²) in [6.07, 6.45) is 2.80. The van der Waals surface area contributed by atoms with Crippen LogP contribution in [0.4, 0.5) is 0 Å². The van der Waals surface area contributed by atoms with Crippen LogP contribution >= 0.6 is 11.6 Å². The minimum Gasteiger partial charge on any atom is -0.497 e. The summed E-state index contributed by atoms with van der Waals surface area (Å²) in [6, 6.07) is 15.0. The van der Waals surface area contributed by atoms with Crippen LogP contribution in [0, 0.1) is 0 Å². The Hall–Kier alpha value is -3.43. The molecule has 1 N–H and O–H groups in total. The van der Waals surface area contributed by atoms with Gasteiger partial charge in [0, 0.05) is 24.7 Å². The number of nitrogens with zero attached hydrogens (tertiary/aromatic N) is 4. The predicted octanol–water partition coefficient (Wildman–Crippen LogP) is 2.90. The molecular weight excluding hydrogens is 470 g/mol. The fourth-order valence-corrected chi connectivity index (χ4v) is 4.49. The number of hydrogen-bond donors (Lipinski definition) is 1. The highest BCUT2D eigenvalue weighted by Gasteiger charge is 2.38. The number of aromatic nitrogens is 3. The molecule has 184 valence electrons. The van der Waals surface area contributed by atoms with E-state index in [4.69, 9.17) is 21.1 Å². The maximum Gasteiger partial charge on any atom is 0.360 e. The first-order valence-corrected chi connectivity index (χ1v) is 11.7. The first-order valence-electron chi connectivity index (χ1n) is 11.4. The average molecular weight is 498 g/mol. The third-order valence-corrected chi connectivity index (χ3v) is 6.34. The number of methoxy groups -OCH3 is 2. The molecule has 0 unspecified atom stereocenters. The molecule has 1 aliphatic heterocycles. The number of benzene rings is 2. The van der Waals surface area contributed by atoms with Gasteiger partial charge in [-0.25, -0.2) is 9.48 Å². The summed E-state index contributed by atoms with van der Waals surface area (Å²) >= 11 is 6.07. The van der Waals surface area contributed by atoms with Crippen LogP contribution in [0.15, 0.2) is 54.7 Å². The molecular formula is C25H28ClN5O4. The molecule has 1 amide bonds. The second kappa shape index (κ2) is 11.3. The van der Waals surface area contributed by atoms with Gasteiger partial charge in [-0.05, 0) is 48.2 Å². The van der Waals surface area contributed by atoms with Gasteiger partial charge in [0.25, 0.3) is 0 Å².